The van der Waals surface area contributed by atoms with Gasteiger partial charge in [0, 0.05) is 16.7 Å². The Bertz CT molecular complexity index is 2950. The van der Waals surface area contributed by atoms with Crippen LogP contribution in [0.2, 0.25) is 0 Å². The molecular formula is C41H30O28. The van der Waals surface area contributed by atoms with Crippen LogP contribution in [0.4, 0.5) is 0 Å². The summed E-state index contributed by atoms with van der Waals surface area (Å²) >= 11 is 0. The maximum atomic E-state index is 14.6. The minimum absolute atomic E-state index is 0.338. The summed E-state index contributed by atoms with van der Waals surface area (Å²) in [6, 6.07) is 2.20. The second-order valence-electron chi connectivity index (χ2n) is 15.4. The number of carbonyl (C=O) groups is 7. The molecule has 0 amide bonds. The first-order valence-electron chi connectivity index (χ1n) is 19.3. The molecule has 28 heteroatoms. The fourth-order valence-corrected chi connectivity index (χ4v) is 8.17. The lowest BCUT2D eigenvalue weighted by molar-refractivity contribution is -0.287. The highest BCUT2D eigenvalue weighted by Crippen LogP contribution is 2.58. The van der Waals surface area contributed by atoms with Crippen LogP contribution in [0.5, 0.6) is 69.0 Å². The monoisotopic (exact) mass is 970 g/mol. The summed E-state index contributed by atoms with van der Waals surface area (Å²) in [5.41, 5.74) is -7.49. The van der Waals surface area contributed by atoms with Crippen LogP contribution >= 0.6 is 0 Å². The zero-order chi connectivity index (χ0) is 50.5. The number of carbonyl (C=O) groups excluding carboxylic acids is 5. The first kappa shape index (κ1) is 46.2. The van der Waals surface area contributed by atoms with E-state index in [2.05, 4.69) is 0 Å². The highest BCUT2D eigenvalue weighted by molar-refractivity contribution is 6.08. The van der Waals surface area contributed by atoms with Gasteiger partial charge in [-0.2, -0.15) is 0 Å². The van der Waals surface area contributed by atoms with Gasteiger partial charge in [-0.1, -0.05) is 0 Å². The second-order valence-corrected chi connectivity index (χ2v) is 15.4. The molecule has 8 unspecified atom stereocenters. The molecule has 69 heavy (non-hydrogen) atoms. The highest BCUT2D eigenvalue weighted by Gasteiger charge is 2.64. The molecule has 0 spiro atoms. The van der Waals surface area contributed by atoms with E-state index >= 15 is 0 Å². The Morgan fingerprint density at radius 3 is 1.68 bits per heavy atom. The Kier molecular flexibility index (Phi) is 10.9. The number of carboxylic acids is 2. The average Bonchev–Trinajstić information content (AvgIpc) is 3.60. The summed E-state index contributed by atoms with van der Waals surface area (Å²) < 4.78 is 38.8. The van der Waals surface area contributed by atoms with E-state index in [0.29, 0.717) is 30.3 Å². The molecule has 8 atom stereocenters. The van der Waals surface area contributed by atoms with Crippen molar-refractivity contribution in [2.24, 2.45) is 5.92 Å². The Balaban J connectivity index is 1.40. The number of aliphatic hydroxyl groups is 1. The van der Waals surface area contributed by atoms with Crippen LogP contribution in [0.25, 0.3) is 11.1 Å². The number of aromatic hydroxyl groups is 11. The second kappa shape index (κ2) is 16.2. The number of aliphatic carboxylic acids is 2. The molecule has 0 saturated carbocycles. The number of benzene rings is 4. The maximum absolute atomic E-state index is 14.6. The molecule has 4 heterocycles. The van der Waals surface area contributed by atoms with Crippen molar-refractivity contribution in [1.82, 2.24) is 0 Å². The third-order valence-corrected chi connectivity index (χ3v) is 11.3. The van der Waals surface area contributed by atoms with E-state index in [-0.39, 0.29) is 0 Å². The lowest BCUT2D eigenvalue weighted by Crippen LogP contribution is -2.63. The number of rotatable bonds is 5. The lowest BCUT2D eigenvalue weighted by atomic mass is 9.77. The predicted molar refractivity (Wildman–Crippen MR) is 207 cm³/mol. The quantitative estimate of drug-likeness (QED) is 0.0704. The molecule has 4 bridgehead atoms. The van der Waals surface area contributed by atoms with Gasteiger partial charge in [0.1, 0.15) is 12.7 Å². The van der Waals surface area contributed by atoms with E-state index in [1.807, 2.05) is 0 Å². The Hall–Kier alpha value is -9.31. The first-order chi connectivity index (χ1) is 32.4. The van der Waals surface area contributed by atoms with Gasteiger partial charge in [0.05, 0.1) is 40.5 Å². The molecule has 4 aliphatic rings. The zero-order valence-electron chi connectivity index (χ0n) is 33.8. The van der Waals surface area contributed by atoms with Gasteiger partial charge in [-0.05, 0) is 30.3 Å². The summed E-state index contributed by atoms with van der Waals surface area (Å²) in [5, 5.41) is 148. The van der Waals surface area contributed by atoms with Crippen LogP contribution in [0.1, 0.15) is 59.3 Å². The number of hydrogen-bond acceptors (Lipinski definition) is 26. The van der Waals surface area contributed by atoms with Gasteiger partial charge >= 0.3 is 47.6 Å². The van der Waals surface area contributed by atoms with Crippen LogP contribution in [-0.4, -0.2) is 156 Å². The summed E-state index contributed by atoms with van der Waals surface area (Å²) in [4.78, 5) is 96.7. The van der Waals surface area contributed by atoms with Gasteiger partial charge in [0.2, 0.25) is 29.6 Å². The van der Waals surface area contributed by atoms with Crippen molar-refractivity contribution in [3.63, 3.8) is 0 Å². The number of phenols is 11. The molecule has 0 radical (unpaired) electrons. The van der Waals surface area contributed by atoms with Crippen LogP contribution in [0.15, 0.2) is 30.3 Å². The molecule has 8 rings (SSSR count). The van der Waals surface area contributed by atoms with Gasteiger partial charge in [0.15, 0.2) is 64.0 Å². The highest BCUT2D eigenvalue weighted by atomic mass is 16.7. The van der Waals surface area contributed by atoms with Crippen molar-refractivity contribution >= 4 is 41.8 Å². The van der Waals surface area contributed by atoms with Gasteiger partial charge in [0.25, 0.3) is 0 Å². The van der Waals surface area contributed by atoms with E-state index in [1.54, 1.807) is 0 Å². The fraction of sp³-hybridized carbons (Fsp3) is 0.244. The third-order valence-electron chi connectivity index (χ3n) is 11.3. The normalized spacial score (nSPS) is 24.9. The Morgan fingerprint density at radius 2 is 1.12 bits per heavy atom. The maximum Gasteiger partial charge on any atom is 0.377 e. The van der Waals surface area contributed by atoms with Crippen LogP contribution in [0, 0.1) is 5.92 Å². The molecule has 1 saturated heterocycles. The topological polar surface area (TPSA) is 467 Å². The van der Waals surface area contributed by atoms with Crippen molar-refractivity contribution in [2.75, 3.05) is 6.61 Å². The summed E-state index contributed by atoms with van der Waals surface area (Å²) in [7, 11) is 0. The Morgan fingerprint density at radius 1 is 0.609 bits per heavy atom. The number of esters is 5. The van der Waals surface area contributed by atoms with Crippen molar-refractivity contribution in [3.05, 3.63) is 58.1 Å². The summed E-state index contributed by atoms with van der Waals surface area (Å²) in [6.45, 7) is -1.36. The molecule has 362 valence electrons. The zero-order valence-corrected chi connectivity index (χ0v) is 33.8. The molecule has 0 aromatic heterocycles. The number of cyclic esters (lactones) is 1. The van der Waals surface area contributed by atoms with E-state index in [9.17, 15) is 105 Å². The Labute approximate surface area is 379 Å². The van der Waals surface area contributed by atoms with E-state index < -0.39 is 211 Å². The minimum Gasteiger partial charge on any atom is -0.504 e. The number of fused-ring (bicyclic) bond motifs is 3. The number of carboxylic acid groups (broad SMARTS) is 2. The van der Waals surface area contributed by atoms with Gasteiger partial charge < -0.3 is 105 Å². The number of phenolic OH excluding ortho intramolecular Hbond substituents is 11. The number of ether oxygens (including phenoxy) is 7. The smallest absolute Gasteiger partial charge is 0.377 e. The van der Waals surface area contributed by atoms with Crippen LogP contribution in [0.3, 0.4) is 0 Å². The molecule has 14 N–H and O–H groups in total. The largest absolute Gasteiger partial charge is 0.504 e. The minimum atomic E-state index is -3.81. The van der Waals surface area contributed by atoms with Crippen molar-refractivity contribution in [1.29, 1.82) is 0 Å². The molecular weight excluding hydrogens is 940 g/mol. The summed E-state index contributed by atoms with van der Waals surface area (Å²) in [6.07, 6.45) is -14.2. The van der Waals surface area contributed by atoms with Gasteiger partial charge in [-0.25, -0.2) is 24.0 Å². The van der Waals surface area contributed by atoms with Crippen molar-refractivity contribution in [2.45, 2.75) is 48.8 Å². The van der Waals surface area contributed by atoms with Crippen LogP contribution < -0.4 is 4.74 Å². The molecule has 4 aliphatic heterocycles. The lowest BCUT2D eigenvalue weighted by Gasteiger charge is -2.44. The van der Waals surface area contributed by atoms with E-state index in [0.717, 1.165) is 0 Å². The van der Waals surface area contributed by atoms with Crippen molar-refractivity contribution in [3.8, 4) is 80.1 Å². The predicted octanol–water partition coefficient (Wildman–Crippen LogP) is -0.116. The molecule has 4 aromatic carbocycles. The van der Waals surface area contributed by atoms with Crippen molar-refractivity contribution < 1.29 is 138 Å². The third kappa shape index (κ3) is 7.30. The molecule has 4 aromatic rings. The molecule has 28 nitrogen and oxygen atoms in total. The average molecular weight is 971 g/mol. The van der Waals surface area contributed by atoms with E-state index in [1.165, 1.54) is 0 Å². The molecule has 1 fully saturated rings. The first-order valence-corrected chi connectivity index (χ1v) is 19.3. The van der Waals surface area contributed by atoms with Gasteiger partial charge in [-0.3, -0.25) is 9.59 Å². The SMILES string of the molecule is O=C(O)CC1C(=O)OC2C3COC(=O)c4cc(O)c(O)c(O)c4-c4c(cc(O)c(O)c4O)C(=O)OC2C(OC(=O)c2cc(O)c(O)c4c2C1C(O)(C(=O)O)O4)C(OC(=O)c1cc(O)c(O)c(O)c1)O3. The van der Waals surface area contributed by atoms with Crippen LogP contribution in [-0.2, 0) is 42.8 Å². The van der Waals surface area contributed by atoms with E-state index in [4.69, 9.17) is 33.2 Å². The van der Waals surface area contributed by atoms with Gasteiger partial charge in [-0.15, -0.1) is 0 Å². The number of hydrogen-bond donors (Lipinski definition) is 14. The standard InChI is InChI=1S/C41H30O28/c42-13-1-8(2-14(43)24(13)49)34(55)68-39-33-32-30(65-38(59)12(6-19(47)48)23-22-11(37(58)67-33)5-17(46)27(52)31(22)69-41(23,62)40(60)61)18(64-39)7-63-35(56)9-3-15(44)25(50)28(53)20(9)21-10(36(57)66-32)4-16(45)26(51)29(21)54/h1-5,12,18,23,30,32-33,39,42-46,49-54,62H,6-7H2,(H,47,48)(H,60,61). The molecule has 0 aliphatic carbocycles. The summed E-state index contributed by atoms with van der Waals surface area (Å²) in [5.74, 6) is -38.0. The fourth-order valence-electron chi connectivity index (χ4n) is 8.17.